The highest BCUT2D eigenvalue weighted by molar-refractivity contribution is 5.11. The van der Waals surface area contributed by atoms with E-state index in [9.17, 15) is 0 Å². The minimum atomic E-state index is 0.333. The third-order valence-electron chi connectivity index (χ3n) is 3.75. The molecule has 1 aromatic heterocycles. The molecule has 0 aromatic carbocycles. The quantitative estimate of drug-likeness (QED) is 0.801. The van der Waals surface area contributed by atoms with Crippen LogP contribution in [-0.2, 0) is 18.2 Å². The number of aromatic nitrogens is 2. The van der Waals surface area contributed by atoms with Gasteiger partial charge in [-0.05, 0) is 38.3 Å². The fraction of sp³-hybridized carbons (Fsp3) is 0.786. The van der Waals surface area contributed by atoms with Gasteiger partial charge in [0.05, 0.1) is 11.8 Å². The Balaban J connectivity index is 2.07. The molecular weight excluding hydrogens is 226 g/mol. The highest BCUT2D eigenvalue weighted by Crippen LogP contribution is 2.36. The van der Waals surface area contributed by atoms with E-state index in [0.29, 0.717) is 12.1 Å². The van der Waals surface area contributed by atoms with E-state index in [2.05, 4.69) is 23.4 Å². The molecule has 1 aliphatic rings. The fourth-order valence-electron chi connectivity index (χ4n) is 2.76. The van der Waals surface area contributed by atoms with Gasteiger partial charge in [-0.1, -0.05) is 6.92 Å². The van der Waals surface area contributed by atoms with Crippen molar-refractivity contribution >= 4 is 0 Å². The molecule has 0 aliphatic heterocycles. The molecule has 2 atom stereocenters. The van der Waals surface area contributed by atoms with Crippen LogP contribution in [0.4, 0.5) is 0 Å². The van der Waals surface area contributed by atoms with Crippen molar-refractivity contribution in [1.29, 1.82) is 0 Å². The van der Waals surface area contributed by atoms with Crippen LogP contribution in [0.25, 0.3) is 0 Å². The first-order valence-electron chi connectivity index (χ1n) is 6.91. The lowest BCUT2D eigenvalue weighted by molar-refractivity contribution is 0.0510. The maximum absolute atomic E-state index is 5.72. The van der Waals surface area contributed by atoms with E-state index in [4.69, 9.17) is 4.74 Å². The Hall–Kier alpha value is -0.870. The largest absolute Gasteiger partial charge is 0.380 e. The Bertz CT molecular complexity index is 384. The molecule has 2 rings (SSSR count). The fourth-order valence-corrected chi connectivity index (χ4v) is 2.76. The van der Waals surface area contributed by atoms with Gasteiger partial charge in [0, 0.05) is 32.3 Å². The lowest BCUT2D eigenvalue weighted by Crippen LogP contribution is -2.44. The summed E-state index contributed by atoms with van der Waals surface area (Å²) in [5, 5.41) is 7.99. The molecule has 102 valence electrons. The topological polar surface area (TPSA) is 39.1 Å². The third-order valence-corrected chi connectivity index (χ3v) is 3.75. The van der Waals surface area contributed by atoms with Gasteiger partial charge in [0.2, 0.25) is 0 Å². The summed E-state index contributed by atoms with van der Waals surface area (Å²) in [4.78, 5) is 0. The van der Waals surface area contributed by atoms with Gasteiger partial charge in [-0.3, -0.25) is 4.68 Å². The van der Waals surface area contributed by atoms with E-state index in [1.165, 1.54) is 18.5 Å². The predicted octanol–water partition coefficient (Wildman–Crippen LogP) is 1.67. The number of likely N-dealkylation sites (N-methyl/N-ethyl adjacent to an activating group) is 1. The van der Waals surface area contributed by atoms with Crippen LogP contribution in [0.3, 0.4) is 0 Å². The summed E-state index contributed by atoms with van der Waals surface area (Å²) >= 11 is 0. The second-order valence-electron chi connectivity index (χ2n) is 5.31. The van der Waals surface area contributed by atoms with E-state index in [1.54, 1.807) is 0 Å². The molecule has 1 aromatic rings. The van der Waals surface area contributed by atoms with Gasteiger partial charge >= 0.3 is 0 Å². The van der Waals surface area contributed by atoms with Gasteiger partial charge in [-0.15, -0.1) is 0 Å². The van der Waals surface area contributed by atoms with Crippen LogP contribution < -0.4 is 5.32 Å². The zero-order chi connectivity index (χ0) is 13.1. The van der Waals surface area contributed by atoms with E-state index >= 15 is 0 Å². The average Bonchev–Trinajstić information content (AvgIpc) is 3.08. The second-order valence-corrected chi connectivity index (χ2v) is 5.31. The highest BCUT2D eigenvalue weighted by Gasteiger charge is 2.36. The summed E-state index contributed by atoms with van der Waals surface area (Å²) in [7, 11) is 3.85. The number of hydrogen-bond donors (Lipinski definition) is 1. The lowest BCUT2D eigenvalue weighted by atomic mass is 10.0. The van der Waals surface area contributed by atoms with Gasteiger partial charge in [-0.25, -0.2) is 0 Å². The molecule has 1 saturated carbocycles. The number of aryl methyl sites for hydroxylation is 2. The van der Waals surface area contributed by atoms with E-state index in [1.807, 2.05) is 25.8 Å². The molecule has 1 N–H and O–H groups in total. The Morgan fingerprint density at radius 3 is 2.72 bits per heavy atom. The van der Waals surface area contributed by atoms with Gasteiger partial charge in [0.15, 0.2) is 0 Å². The van der Waals surface area contributed by atoms with E-state index < -0.39 is 0 Å². The first-order valence-corrected chi connectivity index (χ1v) is 6.91. The van der Waals surface area contributed by atoms with Gasteiger partial charge in [-0.2, -0.15) is 5.10 Å². The molecule has 0 bridgehead atoms. The molecule has 1 fully saturated rings. The van der Waals surface area contributed by atoms with E-state index in [0.717, 1.165) is 24.6 Å². The average molecular weight is 251 g/mol. The number of nitrogens with zero attached hydrogens (tertiary/aromatic N) is 2. The predicted molar refractivity (Wildman–Crippen MR) is 72.6 cm³/mol. The zero-order valence-corrected chi connectivity index (χ0v) is 11.9. The normalized spacial score (nSPS) is 18.9. The van der Waals surface area contributed by atoms with Crippen molar-refractivity contribution in [2.24, 2.45) is 13.0 Å². The molecule has 18 heavy (non-hydrogen) atoms. The molecule has 0 amide bonds. The minimum absolute atomic E-state index is 0.333. The Kier molecular flexibility index (Phi) is 4.40. The van der Waals surface area contributed by atoms with Gasteiger partial charge < -0.3 is 10.1 Å². The smallest absolute Gasteiger partial charge is 0.0756 e. The first-order chi connectivity index (χ1) is 8.65. The third kappa shape index (κ3) is 3.12. The minimum Gasteiger partial charge on any atom is -0.380 e. The highest BCUT2D eigenvalue weighted by atomic mass is 16.5. The maximum atomic E-state index is 5.72. The molecule has 0 saturated heterocycles. The van der Waals surface area contributed by atoms with E-state index in [-0.39, 0.29) is 0 Å². The van der Waals surface area contributed by atoms with Crippen molar-refractivity contribution in [3.8, 4) is 0 Å². The van der Waals surface area contributed by atoms with Crippen LogP contribution in [0, 0.1) is 12.8 Å². The van der Waals surface area contributed by atoms with Crippen LogP contribution in [-0.4, -0.2) is 35.6 Å². The number of ether oxygens (including phenoxy) is 1. The van der Waals surface area contributed by atoms with Crippen LogP contribution in [0.1, 0.15) is 31.2 Å². The van der Waals surface area contributed by atoms with Crippen molar-refractivity contribution in [2.75, 3.05) is 13.7 Å². The molecule has 1 aliphatic carbocycles. The summed E-state index contributed by atoms with van der Waals surface area (Å²) in [5.74, 6) is 0.744. The summed E-state index contributed by atoms with van der Waals surface area (Å²) in [6.45, 7) is 5.18. The molecule has 2 unspecified atom stereocenters. The molecular formula is C14H25N3O. The molecule has 1 heterocycles. The molecule has 4 heteroatoms. The Morgan fingerprint density at radius 2 is 2.28 bits per heavy atom. The van der Waals surface area contributed by atoms with Crippen LogP contribution >= 0.6 is 0 Å². The SMILES string of the molecule is CCNC(Cc1cc(C)nn1C)C(OC)C1CC1. The number of rotatable bonds is 7. The number of nitrogens with one attached hydrogen (secondary N) is 1. The van der Waals surface area contributed by atoms with Crippen molar-refractivity contribution in [2.45, 2.75) is 45.3 Å². The number of methoxy groups -OCH3 is 1. The van der Waals surface area contributed by atoms with Crippen LogP contribution in [0.5, 0.6) is 0 Å². The molecule has 0 spiro atoms. The Morgan fingerprint density at radius 1 is 1.56 bits per heavy atom. The standard InChI is InChI=1S/C14H25N3O/c1-5-15-13(14(18-4)11-6-7-11)9-12-8-10(2)16-17(12)3/h8,11,13-15H,5-7,9H2,1-4H3. The van der Waals surface area contributed by atoms with Gasteiger partial charge in [0.25, 0.3) is 0 Å². The second kappa shape index (κ2) is 5.85. The summed E-state index contributed by atoms with van der Waals surface area (Å²) in [5.41, 5.74) is 2.37. The van der Waals surface area contributed by atoms with Crippen LogP contribution in [0.15, 0.2) is 6.07 Å². The number of hydrogen-bond acceptors (Lipinski definition) is 3. The summed E-state index contributed by atoms with van der Waals surface area (Å²) in [6.07, 6.45) is 3.94. The molecule has 4 nitrogen and oxygen atoms in total. The van der Waals surface area contributed by atoms with Gasteiger partial charge in [0.1, 0.15) is 0 Å². The molecule has 0 radical (unpaired) electrons. The monoisotopic (exact) mass is 251 g/mol. The zero-order valence-electron chi connectivity index (χ0n) is 11.9. The van der Waals surface area contributed by atoms with Crippen molar-refractivity contribution in [1.82, 2.24) is 15.1 Å². The summed E-state index contributed by atoms with van der Waals surface area (Å²) < 4.78 is 7.70. The summed E-state index contributed by atoms with van der Waals surface area (Å²) in [6, 6.07) is 2.56. The lowest BCUT2D eigenvalue weighted by Gasteiger charge is -2.26. The Labute approximate surface area is 110 Å². The van der Waals surface area contributed by atoms with Crippen LogP contribution in [0.2, 0.25) is 0 Å². The van der Waals surface area contributed by atoms with Crippen molar-refractivity contribution < 1.29 is 4.74 Å². The maximum Gasteiger partial charge on any atom is 0.0756 e. The first kappa shape index (κ1) is 13.6. The van der Waals surface area contributed by atoms with Crippen molar-refractivity contribution in [3.05, 3.63) is 17.5 Å². The van der Waals surface area contributed by atoms with Crippen molar-refractivity contribution in [3.63, 3.8) is 0 Å².